The normalized spacial score (nSPS) is 19.7. The Labute approximate surface area is 166 Å². The van der Waals surface area contributed by atoms with Gasteiger partial charge in [-0.2, -0.15) is 0 Å². The lowest BCUT2D eigenvalue weighted by Crippen LogP contribution is -2.40. The first-order valence-corrected chi connectivity index (χ1v) is 11.1. The Kier molecular flexibility index (Phi) is 6.05. The summed E-state index contributed by atoms with van der Waals surface area (Å²) in [5, 5.41) is 2.42. The van der Waals surface area contributed by atoms with Gasteiger partial charge in [-0.3, -0.25) is 4.79 Å². The Morgan fingerprint density at radius 2 is 1.68 bits per heavy atom. The number of anilines is 2. The van der Waals surface area contributed by atoms with E-state index < -0.39 is 15.3 Å². The van der Waals surface area contributed by atoms with Crippen LogP contribution >= 0.6 is 0 Å². The minimum Gasteiger partial charge on any atom is -0.399 e. The van der Waals surface area contributed by atoms with Crippen molar-refractivity contribution >= 4 is 27.3 Å². The van der Waals surface area contributed by atoms with Crippen molar-refractivity contribution in [3.63, 3.8) is 0 Å². The third kappa shape index (κ3) is 4.72. The number of rotatable bonds is 6. The number of benzene rings is 2. The Morgan fingerprint density at radius 3 is 2.29 bits per heavy atom. The lowest BCUT2D eigenvalue weighted by Gasteiger charge is -2.23. The van der Waals surface area contributed by atoms with E-state index in [-0.39, 0.29) is 17.9 Å². The van der Waals surface area contributed by atoms with Crippen LogP contribution < -0.4 is 15.8 Å². The van der Waals surface area contributed by atoms with Gasteiger partial charge in [0, 0.05) is 28.9 Å². The molecule has 0 radical (unpaired) electrons. The summed E-state index contributed by atoms with van der Waals surface area (Å²) in [7, 11) is -3.30. The molecule has 1 saturated carbocycles. The average Bonchev–Trinajstić information content (AvgIpc) is 3.10. The van der Waals surface area contributed by atoms with Gasteiger partial charge in [-0.1, -0.05) is 18.6 Å². The molecule has 0 aromatic heterocycles. The van der Waals surface area contributed by atoms with E-state index in [1.165, 1.54) is 0 Å². The summed E-state index contributed by atoms with van der Waals surface area (Å²) in [5.74, 6) is -0.0495. The molecule has 0 bridgehead atoms. The van der Waals surface area contributed by atoms with Crippen LogP contribution in [0.25, 0.3) is 0 Å². The van der Waals surface area contributed by atoms with Crippen LogP contribution in [0.4, 0.5) is 11.4 Å². The number of carbonyl (C=O) groups is 1. The predicted octanol–water partition coefficient (Wildman–Crippen LogP) is 3.49. The van der Waals surface area contributed by atoms with E-state index in [2.05, 4.69) is 10.0 Å². The summed E-state index contributed by atoms with van der Waals surface area (Å²) < 4.78 is 27.3. The number of sulfonamides is 1. The fourth-order valence-corrected chi connectivity index (χ4v) is 4.47. The number of hydrogen-bond donors (Lipinski definition) is 3. The Hall–Kier alpha value is -2.38. The van der Waals surface area contributed by atoms with Crippen molar-refractivity contribution in [1.82, 2.24) is 4.72 Å². The summed E-state index contributed by atoms with van der Waals surface area (Å²) in [6, 6.07) is 14.3. The van der Waals surface area contributed by atoms with Crippen LogP contribution in [0.3, 0.4) is 0 Å². The van der Waals surface area contributed by atoms with E-state index in [0.717, 1.165) is 24.8 Å². The second kappa shape index (κ2) is 8.32. The monoisotopic (exact) mass is 401 g/mol. The SMILES string of the molecule is CC(C)S(=O)(=O)N[C@H]1CCC[C@H]1c1ccc(NC(=O)c2ccc(N)cc2)cc1. The van der Waals surface area contributed by atoms with E-state index in [1.54, 1.807) is 38.1 Å². The summed E-state index contributed by atoms with van der Waals surface area (Å²) in [5.41, 5.74) is 8.58. The van der Waals surface area contributed by atoms with Crippen molar-refractivity contribution in [1.29, 1.82) is 0 Å². The Balaban J connectivity index is 1.68. The predicted molar refractivity (Wildman–Crippen MR) is 113 cm³/mol. The zero-order valence-electron chi connectivity index (χ0n) is 16.2. The van der Waals surface area contributed by atoms with Crippen molar-refractivity contribution in [2.75, 3.05) is 11.1 Å². The van der Waals surface area contributed by atoms with Gasteiger partial charge >= 0.3 is 0 Å². The van der Waals surface area contributed by atoms with E-state index in [1.807, 2.05) is 24.3 Å². The number of amides is 1. The summed E-state index contributed by atoms with van der Waals surface area (Å²) in [6.45, 7) is 3.37. The highest BCUT2D eigenvalue weighted by Gasteiger charge is 2.32. The molecule has 150 valence electrons. The molecule has 0 saturated heterocycles. The highest BCUT2D eigenvalue weighted by Crippen LogP contribution is 2.35. The zero-order valence-corrected chi connectivity index (χ0v) is 17.0. The summed E-state index contributed by atoms with van der Waals surface area (Å²) in [6.07, 6.45) is 2.78. The molecule has 0 unspecified atom stereocenters. The molecule has 2 aromatic rings. The van der Waals surface area contributed by atoms with Crippen LogP contribution in [0, 0.1) is 0 Å². The second-order valence-corrected chi connectivity index (χ2v) is 9.82. The van der Waals surface area contributed by atoms with E-state index in [4.69, 9.17) is 5.73 Å². The van der Waals surface area contributed by atoms with Crippen molar-refractivity contribution in [2.45, 2.75) is 50.3 Å². The quantitative estimate of drug-likeness (QED) is 0.645. The molecule has 1 aliphatic rings. The van der Waals surface area contributed by atoms with Gasteiger partial charge in [0.05, 0.1) is 5.25 Å². The molecule has 2 aromatic carbocycles. The first kappa shape index (κ1) is 20.4. The number of nitrogens with one attached hydrogen (secondary N) is 2. The fourth-order valence-electron chi connectivity index (χ4n) is 3.50. The highest BCUT2D eigenvalue weighted by molar-refractivity contribution is 7.90. The molecule has 6 nitrogen and oxygen atoms in total. The molecule has 1 fully saturated rings. The molecule has 0 aliphatic heterocycles. The largest absolute Gasteiger partial charge is 0.399 e. The van der Waals surface area contributed by atoms with Crippen molar-refractivity contribution in [3.8, 4) is 0 Å². The topological polar surface area (TPSA) is 101 Å². The number of carbonyl (C=O) groups excluding carboxylic acids is 1. The number of nitrogens with two attached hydrogens (primary N) is 1. The lowest BCUT2D eigenvalue weighted by atomic mass is 9.94. The zero-order chi connectivity index (χ0) is 20.3. The highest BCUT2D eigenvalue weighted by atomic mass is 32.2. The maximum absolute atomic E-state index is 12.3. The van der Waals surface area contributed by atoms with Gasteiger partial charge in [-0.25, -0.2) is 13.1 Å². The van der Waals surface area contributed by atoms with Gasteiger partial charge in [0.2, 0.25) is 10.0 Å². The van der Waals surface area contributed by atoms with Gasteiger partial charge in [0.25, 0.3) is 5.91 Å². The molecule has 4 N–H and O–H groups in total. The van der Waals surface area contributed by atoms with Crippen LogP contribution in [-0.4, -0.2) is 25.6 Å². The minimum absolute atomic E-state index is 0.0809. The van der Waals surface area contributed by atoms with Crippen LogP contribution in [0.15, 0.2) is 48.5 Å². The molecule has 7 heteroatoms. The first-order valence-electron chi connectivity index (χ1n) is 9.54. The molecule has 0 heterocycles. The molecule has 2 atom stereocenters. The van der Waals surface area contributed by atoms with Crippen molar-refractivity contribution in [2.24, 2.45) is 0 Å². The lowest BCUT2D eigenvalue weighted by molar-refractivity contribution is 0.102. The summed E-state index contributed by atoms with van der Waals surface area (Å²) >= 11 is 0. The second-order valence-electron chi connectivity index (χ2n) is 7.55. The number of hydrogen-bond acceptors (Lipinski definition) is 4. The molecule has 28 heavy (non-hydrogen) atoms. The maximum Gasteiger partial charge on any atom is 0.255 e. The van der Waals surface area contributed by atoms with Crippen molar-refractivity contribution in [3.05, 3.63) is 59.7 Å². The third-order valence-electron chi connectivity index (χ3n) is 5.22. The van der Waals surface area contributed by atoms with E-state index >= 15 is 0 Å². The van der Waals surface area contributed by atoms with E-state index in [9.17, 15) is 13.2 Å². The molecule has 0 spiro atoms. The van der Waals surface area contributed by atoms with Gasteiger partial charge in [-0.15, -0.1) is 0 Å². The molecule has 3 rings (SSSR count). The van der Waals surface area contributed by atoms with Crippen LogP contribution in [0.2, 0.25) is 0 Å². The Morgan fingerprint density at radius 1 is 1.04 bits per heavy atom. The third-order valence-corrected chi connectivity index (χ3v) is 7.09. The summed E-state index contributed by atoms with van der Waals surface area (Å²) in [4.78, 5) is 12.3. The fraction of sp³-hybridized carbons (Fsp3) is 0.381. The standard InChI is InChI=1S/C21H27N3O3S/c1-14(2)28(26,27)24-20-5-3-4-19(20)15-8-12-18(13-9-15)23-21(25)16-6-10-17(22)11-7-16/h6-14,19-20,24H,3-5,22H2,1-2H3,(H,23,25)/t19-,20-/m0/s1. The van der Waals surface area contributed by atoms with E-state index in [0.29, 0.717) is 16.9 Å². The molecule has 1 aliphatic carbocycles. The molecular weight excluding hydrogens is 374 g/mol. The first-order chi connectivity index (χ1) is 13.3. The van der Waals surface area contributed by atoms with Crippen LogP contribution in [-0.2, 0) is 10.0 Å². The van der Waals surface area contributed by atoms with Gasteiger partial charge < -0.3 is 11.1 Å². The minimum atomic E-state index is -3.30. The molecule has 1 amide bonds. The van der Waals surface area contributed by atoms with Gasteiger partial charge in [-0.05, 0) is 68.7 Å². The van der Waals surface area contributed by atoms with Crippen LogP contribution in [0.1, 0.15) is 54.9 Å². The smallest absolute Gasteiger partial charge is 0.255 e. The maximum atomic E-state index is 12.3. The Bertz CT molecular complexity index is 922. The number of nitrogen functional groups attached to an aromatic ring is 1. The van der Waals surface area contributed by atoms with Crippen LogP contribution in [0.5, 0.6) is 0 Å². The average molecular weight is 402 g/mol. The molecular formula is C21H27N3O3S. The van der Waals surface area contributed by atoms with Crippen molar-refractivity contribution < 1.29 is 13.2 Å². The van der Waals surface area contributed by atoms with Gasteiger partial charge in [0.1, 0.15) is 0 Å². The van der Waals surface area contributed by atoms with Gasteiger partial charge in [0.15, 0.2) is 0 Å².